The molecule has 0 amide bonds. The van der Waals surface area contributed by atoms with Crippen molar-refractivity contribution >= 4 is 29.3 Å². The first kappa shape index (κ1) is 26.5. The average molecular weight is 524 g/mol. The molecule has 3 unspecified atom stereocenters. The highest BCUT2D eigenvalue weighted by molar-refractivity contribution is 6.31. The van der Waals surface area contributed by atoms with Gasteiger partial charge in [0.05, 0.1) is 25.9 Å². The fourth-order valence-electron chi connectivity index (χ4n) is 5.22. The highest BCUT2D eigenvalue weighted by atomic mass is 35.5. The summed E-state index contributed by atoms with van der Waals surface area (Å²) in [5.74, 6) is -3.30. The minimum Gasteiger partial charge on any atom is -0.497 e. The summed E-state index contributed by atoms with van der Waals surface area (Å²) in [4.78, 5) is 40.7. The Kier molecular flexibility index (Phi) is 8.03. The van der Waals surface area contributed by atoms with Crippen molar-refractivity contribution in [1.82, 2.24) is 5.32 Å². The van der Waals surface area contributed by atoms with Gasteiger partial charge in [-0.2, -0.15) is 0 Å². The van der Waals surface area contributed by atoms with Crippen LogP contribution in [0.3, 0.4) is 0 Å². The third-order valence-electron chi connectivity index (χ3n) is 6.79. The Morgan fingerprint density at radius 2 is 1.78 bits per heavy atom. The fourth-order valence-corrected chi connectivity index (χ4v) is 5.47. The molecule has 0 saturated carbocycles. The standard InChI is InChI=1S/C29H30ClNO6/c1-5-36-28(33)23-16(3)31-22-15-20(17-10-9-11-18(14-17)35-4)25(29(34)37-6-2)27(32)26(22)24(23)19-12-7-8-13-21(19)30/h7-14,20,24-25,31H,5-6,15H2,1-4H3. The van der Waals surface area contributed by atoms with E-state index in [1.165, 1.54) is 0 Å². The van der Waals surface area contributed by atoms with E-state index >= 15 is 0 Å². The monoisotopic (exact) mass is 523 g/mol. The third-order valence-corrected chi connectivity index (χ3v) is 7.14. The molecule has 0 spiro atoms. The van der Waals surface area contributed by atoms with E-state index in [1.807, 2.05) is 24.3 Å². The lowest BCUT2D eigenvalue weighted by atomic mass is 9.67. The number of esters is 2. The van der Waals surface area contributed by atoms with Gasteiger partial charge in [0.25, 0.3) is 0 Å². The SMILES string of the molecule is CCOC(=O)C1=C(C)NC2=C(C(=O)C(C(=O)OCC)C(c3cccc(OC)c3)C2)C1c1ccccc1Cl. The number of rotatable bonds is 7. The highest BCUT2D eigenvalue weighted by Gasteiger charge is 2.49. The number of benzene rings is 2. The number of halogens is 1. The van der Waals surface area contributed by atoms with Crippen molar-refractivity contribution in [3.63, 3.8) is 0 Å². The Hall–Kier alpha value is -3.58. The molecule has 3 atom stereocenters. The van der Waals surface area contributed by atoms with E-state index in [0.717, 1.165) is 5.56 Å². The number of Topliss-reactive ketones (excluding diaryl/α,β-unsaturated/α-hetero) is 1. The van der Waals surface area contributed by atoms with Crippen molar-refractivity contribution in [3.8, 4) is 5.75 Å². The molecule has 2 aromatic rings. The van der Waals surface area contributed by atoms with Crippen LogP contribution in [-0.4, -0.2) is 38.0 Å². The van der Waals surface area contributed by atoms with E-state index in [1.54, 1.807) is 52.1 Å². The number of ether oxygens (including phenoxy) is 3. The third kappa shape index (κ3) is 5.01. The molecule has 0 radical (unpaired) electrons. The normalized spacial score (nSPS) is 21.2. The zero-order chi connectivity index (χ0) is 26.7. The van der Waals surface area contributed by atoms with Gasteiger partial charge in [0.2, 0.25) is 0 Å². The van der Waals surface area contributed by atoms with Crippen LogP contribution in [0.4, 0.5) is 0 Å². The van der Waals surface area contributed by atoms with Gasteiger partial charge in [-0.15, -0.1) is 0 Å². The first-order chi connectivity index (χ1) is 17.8. The highest BCUT2D eigenvalue weighted by Crippen LogP contribution is 2.49. The quantitative estimate of drug-likeness (QED) is 0.400. The molecular formula is C29H30ClNO6. The average Bonchev–Trinajstić information content (AvgIpc) is 2.88. The molecule has 0 fully saturated rings. The van der Waals surface area contributed by atoms with Gasteiger partial charge in [0.1, 0.15) is 11.7 Å². The van der Waals surface area contributed by atoms with Crippen molar-refractivity contribution in [1.29, 1.82) is 0 Å². The smallest absolute Gasteiger partial charge is 0.336 e. The Balaban J connectivity index is 1.91. The molecule has 2 aromatic carbocycles. The topological polar surface area (TPSA) is 90.9 Å². The number of ketones is 1. The zero-order valence-electron chi connectivity index (χ0n) is 21.3. The molecule has 37 heavy (non-hydrogen) atoms. The number of hydrogen-bond acceptors (Lipinski definition) is 7. The second kappa shape index (κ2) is 11.2. The van der Waals surface area contributed by atoms with Crippen LogP contribution in [0.2, 0.25) is 5.02 Å². The second-order valence-electron chi connectivity index (χ2n) is 8.91. The van der Waals surface area contributed by atoms with Crippen LogP contribution in [0.5, 0.6) is 5.75 Å². The van der Waals surface area contributed by atoms with Gasteiger partial charge in [-0.3, -0.25) is 9.59 Å². The maximum atomic E-state index is 14.3. The molecule has 7 nitrogen and oxygen atoms in total. The molecule has 0 aromatic heterocycles. The number of dihydropyridines is 1. The number of nitrogens with one attached hydrogen (secondary N) is 1. The lowest BCUT2D eigenvalue weighted by molar-refractivity contribution is -0.152. The summed E-state index contributed by atoms with van der Waals surface area (Å²) >= 11 is 6.60. The summed E-state index contributed by atoms with van der Waals surface area (Å²) in [5.41, 5.74) is 3.23. The summed E-state index contributed by atoms with van der Waals surface area (Å²) in [5, 5.41) is 3.70. The van der Waals surface area contributed by atoms with E-state index in [4.69, 9.17) is 25.8 Å². The molecule has 1 aliphatic carbocycles. The molecule has 0 bridgehead atoms. The molecule has 8 heteroatoms. The number of hydrogen-bond donors (Lipinski definition) is 1. The van der Waals surface area contributed by atoms with E-state index in [0.29, 0.717) is 45.3 Å². The zero-order valence-corrected chi connectivity index (χ0v) is 22.1. The molecule has 2 aliphatic rings. The first-order valence-corrected chi connectivity index (χ1v) is 12.7. The van der Waals surface area contributed by atoms with Gasteiger partial charge in [0.15, 0.2) is 5.78 Å². The Labute approximate surface area is 221 Å². The maximum Gasteiger partial charge on any atom is 0.336 e. The molecule has 1 heterocycles. The summed E-state index contributed by atoms with van der Waals surface area (Å²) in [6.45, 7) is 5.52. The van der Waals surface area contributed by atoms with Crippen LogP contribution in [0.1, 0.15) is 50.2 Å². The van der Waals surface area contributed by atoms with Crippen LogP contribution >= 0.6 is 11.6 Å². The lowest BCUT2D eigenvalue weighted by Gasteiger charge is -2.39. The Bertz CT molecular complexity index is 1300. The number of carbonyl (C=O) groups is 3. The van der Waals surface area contributed by atoms with E-state index in [9.17, 15) is 14.4 Å². The van der Waals surface area contributed by atoms with Gasteiger partial charge in [-0.1, -0.05) is 41.9 Å². The van der Waals surface area contributed by atoms with Crippen LogP contribution < -0.4 is 10.1 Å². The summed E-state index contributed by atoms with van der Waals surface area (Å²) in [7, 11) is 1.57. The molecule has 1 aliphatic heterocycles. The largest absolute Gasteiger partial charge is 0.497 e. The van der Waals surface area contributed by atoms with Crippen LogP contribution in [0.25, 0.3) is 0 Å². The number of carbonyl (C=O) groups excluding carboxylic acids is 3. The van der Waals surface area contributed by atoms with Crippen molar-refractivity contribution in [3.05, 3.63) is 87.2 Å². The first-order valence-electron chi connectivity index (χ1n) is 12.3. The molecular weight excluding hydrogens is 494 g/mol. The minimum absolute atomic E-state index is 0.138. The van der Waals surface area contributed by atoms with E-state index in [2.05, 4.69) is 5.32 Å². The molecule has 4 rings (SSSR count). The van der Waals surface area contributed by atoms with Gasteiger partial charge >= 0.3 is 11.9 Å². The predicted molar refractivity (Wildman–Crippen MR) is 139 cm³/mol. The predicted octanol–water partition coefficient (Wildman–Crippen LogP) is 5.06. The summed E-state index contributed by atoms with van der Waals surface area (Å²) in [6, 6.07) is 14.4. The fraction of sp³-hybridized carbons (Fsp3) is 0.345. The van der Waals surface area contributed by atoms with E-state index in [-0.39, 0.29) is 13.2 Å². The number of allylic oxidation sites excluding steroid dienone is 3. The molecule has 194 valence electrons. The molecule has 1 N–H and O–H groups in total. The van der Waals surface area contributed by atoms with Gasteiger partial charge < -0.3 is 19.5 Å². The van der Waals surface area contributed by atoms with Crippen LogP contribution in [0, 0.1) is 5.92 Å². The summed E-state index contributed by atoms with van der Waals surface area (Å²) in [6.07, 6.45) is 0.353. The van der Waals surface area contributed by atoms with E-state index < -0.39 is 35.5 Å². The van der Waals surface area contributed by atoms with Crippen LogP contribution in [-0.2, 0) is 23.9 Å². The van der Waals surface area contributed by atoms with Gasteiger partial charge in [-0.05, 0) is 56.5 Å². The van der Waals surface area contributed by atoms with Gasteiger partial charge in [0, 0.05) is 33.8 Å². The van der Waals surface area contributed by atoms with Crippen molar-refractivity contribution in [2.75, 3.05) is 20.3 Å². The summed E-state index contributed by atoms with van der Waals surface area (Å²) < 4.78 is 16.1. The molecule has 0 saturated heterocycles. The Morgan fingerprint density at radius 1 is 1.05 bits per heavy atom. The minimum atomic E-state index is -1.10. The van der Waals surface area contributed by atoms with Gasteiger partial charge in [-0.25, -0.2) is 4.79 Å². The number of methoxy groups -OCH3 is 1. The lowest BCUT2D eigenvalue weighted by Crippen LogP contribution is -2.43. The van der Waals surface area contributed by atoms with Crippen molar-refractivity contribution in [2.45, 2.75) is 39.0 Å². The van der Waals surface area contributed by atoms with Crippen LogP contribution in [0.15, 0.2) is 71.1 Å². The van der Waals surface area contributed by atoms with Crippen molar-refractivity contribution < 1.29 is 28.6 Å². The second-order valence-corrected chi connectivity index (χ2v) is 9.32. The Morgan fingerprint density at radius 3 is 2.46 bits per heavy atom. The van der Waals surface area contributed by atoms with Crippen molar-refractivity contribution in [2.24, 2.45) is 5.92 Å². The maximum absolute atomic E-state index is 14.3.